The lowest BCUT2D eigenvalue weighted by Gasteiger charge is -2.29. The van der Waals surface area contributed by atoms with Gasteiger partial charge in [-0.25, -0.2) is 9.59 Å². The van der Waals surface area contributed by atoms with E-state index < -0.39 is 35.5 Å². The topological polar surface area (TPSA) is 77.4 Å². The number of carbonyl (C=O) groups excluding carboxylic acids is 2. The van der Waals surface area contributed by atoms with Crippen LogP contribution in [0.5, 0.6) is 0 Å². The van der Waals surface area contributed by atoms with Crippen LogP contribution in [-0.4, -0.2) is 52.7 Å². The van der Waals surface area contributed by atoms with Crippen LogP contribution in [0.3, 0.4) is 0 Å². The Hall–Kier alpha value is -3.97. The number of esters is 1. The van der Waals surface area contributed by atoms with Crippen molar-refractivity contribution in [1.29, 1.82) is 0 Å². The molecule has 0 radical (unpaired) electrons. The molecule has 0 spiro atoms. The van der Waals surface area contributed by atoms with Crippen molar-refractivity contribution < 1.29 is 23.8 Å². The molecule has 1 fully saturated rings. The molecule has 1 aliphatic heterocycles. The predicted octanol–water partition coefficient (Wildman–Crippen LogP) is 6.40. The molecule has 40 heavy (non-hydrogen) atoms. The van der Waals surface area contributed by atoms with Crippen molar-refractivity contribution >= 4 is 17.8 Å². The van der Waals surface area contributed by atoms with Gasteiger partial charge >= 0.3 is 12.1 Å². The van der Waals surface area contributed by atoms with Crippen molar-refractivity contribution in [2.45, 2.75) is 71.1 Å². The van der Waals surface area contributed by atoms with Crippen LogP contribution < -0.4 is 0 Å². The summed E-state index contributed by atoms with van der Waals surface area (Å²) in [5.74, 6) is -0.441. The first kappa shape index (κ1) is 29.0. The zero-order valence-corrected chi connectivity index (χ0v) is 23.9. The number of aliphatic imine (C=N–C) groups is 1. The van der Waals surface area contributed by atoms with Crippen molar-refractivity contribution in [2.24, 2.45) is 4.99 Å². The predicted molar refractivity (Wildman–Crippen MR) is 155 cm³/mol. The standard InChI is InChI=1S/C33H38N2O5/c1-32(2,3)40-30(36)28(34-29(25-17-11-7-12-18-25)26-19-13-8-14-20-26)21-27-22-35(33(4,5)39-27)31(37)38-23-24-15-9-6-10-16-24/h6-20,27-28H,21-23H2,1-5H3/t27-,28-/m1/s1. The number of benzene rings is 3. The van der Waals surface area contributed by atoms with Crippen LogP contribution >= 0.6 is 0 Å². The third kappa shape index (κ3) is 7.79. The molecule has 1 heterocycles. The van der Waals surface area contributed by atoms with Crippen molar-refractivity contribution in [3.63, 3.8) is 0 Å². The molecule has 0 unspecified atom stereocenters. The smallest absolute Gasteiger partial charge is 0.412 e. The Balaban J connectivity index is 1.58. The molecular weight excluding hydrogens is 504 g/mol. The van der Waals surface area contributed by atoms with E-state index in [0.717, 1.165) is 16.7 Å². The van der Waals surface area contributed by atoms with Crippen molar-refractivity contribution in [2.75, 3.05) is 6.54 Å². The molecule has 2 atom stereocenters. The summed E-state index contributed by atoms with van der Waals surface area (Å²) in [6.45, 7) is 9.58. The second-order valence-electron chi connectivity index (χ2n) is 11.3. The number of hydrogen-bond donors (Lipinski definition) is 0. The second kappa shape index (κ2) is 12.5. The summed E-state index contributed by atoms with van der Waals surface area (Å²) >= 11 is 0. The van der Waals surface area contributed by atoms with Gasteiger partial charge in [-0.2, -0.15) is 0 Å². The molecule has 210 valence electrons. The van der Waals surface area contributed by atoms with E-state index in [1.54, 1.807) is 4.90 Å². The van der Waals surface area contributed by atoms with Gasteiger partial charge in [-0.05, 0) is 40.2 Å². The highest BCUT2D eigenvalue weighted by molar-refractivity contribution is 6.13. The van der Waals surface area contributed by atoms with Gasteiger partial charge in [-0.3, -0.25) is 9.89 Å². The fourth-order valence-electron chi connectivity index (χ4n) is 4.63. The van der Waals surface area contributed by atoms with Gasteiger partial charge < -0.3 is 14.2 Å². The molecule has 4 rings (SSSR count). The van der Waals surface area contributed by atoms with Crippen molar-refractivity contribution in [3.8, 4) is 0 Å². The average Bonchev–Trinajstić information content (AvgIpc) is 3.23. The lowest BCUT2D eigenvalue weighted by atomic mass is 10.0. The normalized spacial score (nSPS) is 17.1. The van der Waals surface area contributed by atoms with Gasteiger partial charge in [0.25, 0.3) is 0 Å². The zero-order valence-electron chi connectivity index (χ0n) is 23.9. The van der Waals surface area contributed by atoms with Crippen LogP contribution in [0, 0.1) is 0 Å². The molecule has 0 bridgehead atoms. The van der Waals surface area contributed by atoms with Crippen LogP contribution in [0.15, 0.2) is 96.0 Å². The van der Waals surface area contributed by atoms with E-state index in [9.17, 15) is 9.59 Å². The summed E-state index contributed by atoms with van der Waals surface area (Å²) in [4.78, 5) is 33.1. The van der Waals surface area contributed by atoms with Crippen LogP contribution in [0.1, 0.15) is 57.7 Å². The monoisotopic (exact) mass is 542 g/mol. The third-order valence-electron chi connectivity index (χ3n) is 6.46. The van der Waals surface area contributed by atoms with Crippen LogP contribution in [-0.2, 0) is 25.6 Å². The molecule has 7 nitrogen and oxygen atoms in total. The number of nitrogens with zero attached hydrogens (tertiary/aromatic N) is 2. The van der Waals surface area contributed by atoms with E-state index in [2.05, 4.69) is 0 Å². The Morgan fingerprint density at radius 1 is 0.925 bits per heavy atom. The van der Waals surface area contributed by atoms with E-state index >= 15 is 0 Å². The quantitative estimate of drug-likeness (QED) is 0.243. The summed E-state index contributed by atoms with van der Waals surface area (Å²) < 4.78 is 17.7. The van der Waals surface area contributed by atoms with Gasteiger partial charge in [0.2, 0.25) is 0 Å². The molecule has 0 aromatic heterocycles. The maximum Gasteiger partial charge on any atom is 0.412 e. The number of ether oxygens (including phenoxy) is 3. The minimum Gasteiger partial charge on any atom is -0.458 e. The first-order valence-electron chi connectivity index (χ1n) is 13.6. The second-order valence-corrected chi connectivity index (χ2v) is 11.3. The van der Waals surface area contributed by atoms with E-state index in [1.807, 2.05) is 126 Å². The summed E-state index contributed by atoms with van der Waals surface area (Å²) in [5.41, 5.74) is 1.77. The molecule has 3 aromatic rings. The lowest BCUT2D eigenvalue weighted by molar-refractivity contribution is -0.157. The van der Waals surface area contributed by atoms with Gasteiger partial charge in [0.05, 0.1) is 18.4 Å². The lowest BCUT2D eigenvalue weighted by Crippen LogP contribution is -2.43. The van der Waals surface area contributed by atoms with Gasteiger partial charge in [-0.1, -0.05) is 91.0 Å². The third-order valence-corrected chi connectivity index (χ3v) is 6.46. The number of rotatable bonds is 8. The number of hydrogen-bond acceptors (Lipinski definition) is 6. The summed E-state index contributed by atoms with van der Waals surface area (Å²) in [6.07, 6.45) is -0.680. The highest BCUT2D eigenvalue weighted by atomic mass is 16.6. The van der Waals surface area contributed by atoms with Gasteiger partial charge in [0.1, 0.15) is 17.9 Å². The molecule has 7 heteroatoms. The summed E-state index contributed by atoms with van der Waals surface area (Å²) in [6, 6.07) is 28.2. The molecule has 0 saturated carbocycles. The molecule has 1 saturated heterocycles. The maximum absolute atomic E-state index is 13.5. The highest BCUT2D eigenvalue weighted by Crippen LogP contribution is 2.31. The Kier molecular flexibility index (Phi) is 9.05. The van der Waals surface area contributed by atoms with E-state index in [4.69, 9.17) is 19.2 Å². The molecule has 0 N–H and O–H groups in total. The van der Waals surface area contributed by atoms with E-state index in [-0.39, 0.29) is 19.6 Å². The fraction of sp³-hybridized carbons (Fsp3) is 0.364. The Labute approximate surface area is 236 Å². The minimum atomic E-state index is -0.914. The minimum absolute atomic E-state index is 0.166. The average molecular weight is 543 g/mol. The molecule has 0 aliphatic carbocycles. The SMILES string of the molecule is CC(C)(C)OC(=O)[C@@H](C[C@@H]1CN(C(=O)OCc2ccccc2)C(C)(C)O1)N=C(c1ccccc1)c1ccccc1. The van der Waals surface area contributed by atoms with Crippen molar-refractivity contribution in [3.05, 3.63) is 108 Å². The fourth-order valence-corrected chi connectivity index (χ4v) is 4.63. The van der Waals surface area contributed by atoms with Crippen LogP contribution in [0.25, 0.3) is 0 Å². The highest BCUT2D eigenvalue weighted by Gasteiger charge is 2.45. The maximum atomic E-state index is 13.5. The number of carbonyl (C=O) groups is 2. The van der Waals surface area contributed by atoms with Gasteiger partial charge in [0, 0.05) is 17.5 Å². The van der Waals surface area contributed by atoms with E-state index in [0.29, 0.717) is 5.71 Å². The number of amides is 1. The van der Waals surface area contributed by atoms with Gasteiger partial charge in [0.15, 0.2) is 6.04 Å². The first-order valence-corrected chi connectivity index (χ1v) is 13.6. The molecule has 1 aliphatic rings. The summed E-state index contributed by atoms with van der Waals surface area (Å²) in [5, 5.41) is 0. The van der Waals surface area contributed by atoms with Crippen LogP contribution in [0.2, 0.25) is 0 Å². The first-order chi connectivity index (χ1) is 19.0. The van der Waals surface area contributed by atoms with E-state index in [1.165, 1.54) is 0 Å². The molecule has 3 aromatic carbocycles. The Morgan fingerprint density at radius 2 is 1.45 bits per heavy atom. The molecule has 1 amide bonds. The van der Waals surface area contributed by atoms with Crippen molar-refractivity contribution in [1.82, 2.24) is 4.90 Å². The van der Waals surface area contributed by atoms with Gasteiger partial charge in [-0.15, -0.1) is 0 Å². The Bertz CT molecular complexity index is 1260. The van der Waals surface area contributed by atoms with Crippen LogP contribution in [0.4, 0.5) is 4.79 Å². The summed E-state index contributed by atoms with van der Waals surface area (Å²) in [7, 11) is 0. The Morgan fingerprint density at radius 3 is 1.98 bits per heavy atom. The largest absolute Gasteiger partial charge is 0.458 e. The zero-order chi connectivity index (χ0) is 28.8. The molecular formula is C33H38N2O5.